The van der Waals surface area contributed by atoms with Crippen molar-refractivity contribution >= 4 is 5.91 Å². The molecule has 4 heteroatoms. The molecule has 0 radical (unpaired) electrons. The summed E-state index contributed by atoms with van der Waals surface area (Å²) in [6.07, 6.45) is 13.4. The smallest absolute Gasteiger partial charge is 0.249 e. The normalized spacial score (nSPS) is 41.5. The molecular formula is C27H39NO3. The topological polar surface area (TPSA) is 60.8 Å². The van der Waals surface area contributed by atoms with E-state index in [1.807, 2.05) is 11.9 Å². The van der Waals surface area contributed by atoms with Crippen LogP contribution < -0.4 is 0 Å². The number of carbonyl (C=O) groups excluding carboxylic acids is 1. The second kappa shape index (κ2) is 8.71. The van der Waals surface area contributed by atoms with Crippen molar-refractivity contribution in [3.8, 4) is 0 Å². The first-order valence-corrected chi connectivity index (χ1v) is 12.1. The zero-order chi connectivity index (χ0) is 22.3. The fraction of sp³-hybridized carbons (Fsp3) is 0.667. The van der Waals surface area contributed by atoms with E-state index in [0.29, 0.717) is 30.6 Å². The summed E-state index contributed by atoms with van der Waals surface area (Å²) in [5.41, 5.74) is 4.54. The number of allylic oxidation sites excluding steroid dienone is 4. The molecule has 0 aromatic heterocycles. The second-order valence-corrected chi connectivity index (χ2v) is 10.7. The zero-order valence-electron chi connectivity index (χ0n) is 19.4. The van der Waals surface area contributed by atoms with Crippen molar-refractivity contribution < 1.29 is 15.0 Å². The molecule has 4 aliphatic rings. The molecule has 1 unspecified atom stereocenters. The first-order valence-electron chi connectivity index (χ1n) is 12.1. The van der Waals surface area contributed by atoms with Gasteiger partial charge in [0.1, 0.15) is 0 Å². The highest BCUT2D eigenvalue weighted by molar-refractivity contribution is 5.95. The summed E-state index contributed by atoms with van der Waals surface area (Å²) < 4.78 is 0. The summed E-state index contributed by atoms with van der Waals surface area (Å²) in [6.45, 7) is 9.68. The first kappa shape index (κ1) is 22.5. The number of carbonyl (C=O) groups is 1. The van der Waals surface area contributed by atoms with E-state index in [4.69, 9.17) is 0 Å². The minimum Gasteiger partial charge on any atom is -0.393 e. The maximum atomic E-state index is 12.4. The molecule has 170 valence electrons. The number of fused-ring (bicyclic) bond motifs is 1. The van der Waals surface area contributed by atoms with Crippen LogP contribution in [0.25, 0.3) is 0 Å². The minimum atomic E-state index is -0.632. The van der Waals surface area contributed by atoms with Crippen LogP contribution in [-0.4, -0.2) is 46.8 Å². The van der Waals surface area contributed by atoms with Gasteiger partial charge in [0.25, 0.3) is 0 Å². The van der Waals surface area contributed by atoms with Crippen LogP contribution in [0.1, 0.15) is 65.2 Å². The molecule has 1 aliphatic heterocycles. The van der Waals surface area contributed by atoms with Crippen molar-refractivity contribution in [2.24, 2.45) is 23.2 Å². The van der Waals surface area contributed by atoms with Crippen LogP contribution in [0.2, 0.25) is 0 Å². The van der Waals surface area contributed by atoms with Gasteiger partial charge in [0, 0.05) is 25.6 Å². The summed E-state index contributed by atoms with van der Waals surface area (Å²) in [5, 5.41) is 20.2. The monoisotopic (exact) mass is 425 g/mol. The third-order valence-corrected chi connectivity index (χ3v) is 8.74. The van der Waals surface area contributed by atoms with E-state index in [2.05, 4.69) is 38.7 Å². The number of rotatable bonds is 3. The SMILES string of the molecule is C=C1/C(=C\C=C2/CCC[C@@]3(C)C2CC[C@@H]3[C@H](C)/C=C2\CCN(C)C2=O)C[C@@H](O)C[C@@H]1O. The van der Waals surface area contributed by atoms with E-state index in [0.717, 1.165) is 36.1 Å². The Hall–Kier alpha value is -1.65. The van der Waals surface area contributed by atoms with Crippen LogP contribution in [-0.2, 0) is 4.79 Å². The minimum absolute atomic E-state index is 0.208. The van der Waals surface area contributed by atoms with Gasteiger partial charge in [-0.1, -0.05) is 44.2 Å². The molecule has 6 atom stereocenters. The molecule has 0 aromatic carbocycles. The van der Waals surface area contributed by atoms with Crippen molar-refractivity contribution in [2.45, 2.75) is 77.4 Å². The Morgan fingerprint density at radius 3 is 2.68 bits per heavy atom. The average molecular weight is 426 g/mol. The lowest BCUT2D eigenvalue weighted by Crippen LogP contribution is -2.35. The van der Waals surface area contributed by atoms with Gasteiger partial charge in [0.15, 0.2) is 0 Å². The first-order chi connectivity index (χ1) is 14.7. The average Bonchev–Trinajstić information content (AvgIpc) is 3.23. The highest BCUT2D eigenvalue weighted by atomic mass is 16.3. The molecule has 4 fully saturated rings. The molecule has 3 aliphatic carbocycles. The molecule has 0 spiro atoms. The largest absolute Gasteiger partial charge is 0.393 e. The Morgan fingerprint density at radius 2 is 1.97 bits per heavy atom. The van der Waals surface area contributed by atoms with Gasteiger partial charge in [0.2, 0.25) is 5.91 Å². The molecule has 1 amide bonds. The summed E-state index contributed by atoms with van der Waals surface area (Å²) in [6, 6.07) is 0. The molecular weight excluding hydrogens is 386 g/mol. The van der Waals surface area contributed by atoms with Gasteiger partial charge in [-0.25, -0.2) is 0 Å². The molecule has 1 saturated heterocycles. The van der Waals surface area contributed by atoms with Gasteiger partial charge in [-0.15, -0.1) is 0 Å². The lowest BCUT2D eigenvalue weighted by atomic mass is 9.61. The highest BCUT2D eigenvalue weighted by Gasteiger charge is 2.50. The molecule has 0 bridgehead atoms. The van der Waals surface area contributed by atoms with Gasteiger partial charge < -0.3 is 15.1 Å². The Bertz CT molecular complexity index is 837. The molecule has 4 nitrogen and oxygen atoms in total. The van der Waals surface area contributed by atoms with Crippen LogP contribution >= 0.6 is 0 Å². The fourth-order valence-electron chi connectivity index (χ4n) is 6.94. The molecule has 0 aromatic rings. The Balaban J connectivity index is 1.53. The number of aliphatic hydroxyl groups excluding tert-OH is 2. The van der Waals surface area contributed by atoms with E-state index in [9.17, 15) is 15.0 Å². The maximum Gasteiger partial charge on any atom is 0.249 e. The number of amides is 1. The van der Waals surface area contributed by atoms with Gasteiger partial charge >= 0.3 is 0 Å². The summed E-state index contributed by atoms with van der Waals surface area (Å²) >= 11 is 0. The van der Waals surface area contributed by atoms with Gasteiger partial charge in [0.05, 0.1) is 12.2 Å². The lowest BCUT2D eigenvalue weighted by Gasteiger charge is -2.44. The second-order valence-electron chi connectivity index (χ2n) is 10.7. The van der Waals surface area contributed by atoms with Crippen LogP contribution in [0.5, 0.6) is 0 Å². The Labute approximate surface area is 187 Å². The van der Waals surface area contributed by atoms with Crippen molar-refractivity contribution in [2.75, 3.05) is 13.6 Å². The van der Waals surface area contributed by atoms with Crippen LogP contribution in [0, 0.1) is 23.2 Å². The predicted octanol–water partition coefficient (Wildman–Crippen LogP) is 4.55. The molecule has 4 rings (SSSR count). The van der Waals surface area contributed by atoms with E-state index in [1.165, 1.54) is 31.3 Å². The van der Waals surface area contributed by atoms with E-state index in [1.54, 1.807) is 0 Å². The Kier molecular flexibility index (Phi) is 6.33. The van der Waals surface area contributed by atoms with E-state index >= 15 is 0 Å². The molecule has 2 N–H and O–H groups in total. The third-order valence-electron chi connectivity index (χ3n) is 8.74. The van der Waals surface area contributed by atoms with Crippen molar-refractivity contribution in [1.82, 2.24) is 4.90 Å². The van der Waals surface area contributed by atoms with Gasteiger partial charge in [-0.3, -0.25) is 4.79 Å². The van der Waals surface area contributed by atoms with Crippen LogP contribution in [0.4, 0.5) is 0 Å². The summed E-state index contributed by atoms with van der Waals surface area (Å²) in [5.74, 6) is 1.81. The number of likely N-dealkylation sites (N-methyl/N-ethyl adjacent to an activating group) is 1. The summed E-state index contributed by atoms with van der Waals surface area (Å²) in [4.78, 5) is 14.2. The maximum absolute atomic E-state index is 12.4. The van der Waals surface area contributed by atoms with Gasteiger partial charge in [-0.2, -0.15) is 0 Å². The Morgan fingerprint density at radius 1 is 1.19 bits per heavy atom. The number of likely N-dealkylation sites (tertiary alicyclic amines) is 1. The molecule has 31 heavy (non-hydrogen) atoms. The third kappa shape index (κ3) is 4.21. The van der Waals surface area contributed by atoms with E-state index in [-0.39, 0.29) is 11.3 Å². The number of aliphatic hydroxyl groups is 2. The summed E-state index contributed by atoms with van der Waals surface area (Å²) in [7, 11) is 1.90. The van der Waals surface area contributed by atoms with Gasteiger partial charge in [-0.05, 0) is 79.3 Å². The quantitative estimate of drug-likeness (QED) is 0.652. The van der Waals surface area contributed by atoms with Crippen LogP contribution in [0.3, 0.4) is 0 Å². The number of hydrogen-bond acceptors (Lipinski definition) is 3. The van der Waals surface area contributed by atoms with Crippen LogP contribution in [0.15, 0.2) is 47.1 Å². The highest BCUT2D eigenvalue weighted by Crippen LogP contribution is 2.59. The number of nitrogens with zero attached hydrogens (tertiary/aromatic N) is 1. The number of hydrogen-bond donors (Lipinski definition) is 2. The molecule has 1 heterocycles. The standard InChI is InChI=1S/C27H39NO3/c1-17(14-21-11-13-28(4)26(21)31)23-9-10-24-19(6-5-12-27(23,24)3)7-8-20-15-22(29)16-25(30)18(20)2/h7-8,14,17,22-25,29-30H,2,5-6,9-13,15-16H2,1,3-4H3/b19-7+,20-8-,21-14+/t17-,22-,23-,24?,25+,27-/m1/s1. The zero-order valence-corrected chi connectivity index (χ0v) is 19.4. The predicted molar refractivity (Wildman–Crippen MR) is 124 cm³/mol. The lowest BCUT2D eigenvalue weighted by molar-refractivity contribution is -0.123. The van der Waals surface area contributed by atoms with Crippen molar-refractivity contribution in [3.63, 3.8) is 0 Å². The molecule has 3 saturated carbocycles. The van der Waals surface area contributed by atoms with Crippen molar-refractivity contribution in [3.05, 3.63) is 47.1 Å². The van der Waals surface area contributed by atoms with E-state index < -0.39 is 12.2 Å². The van der Waals surface area contributed by atoms with Crippen molar-refractivity contribution in [1.29, 1.82) is 0 Å². The fourth-order valence-corrected chi connectivity index (χ4v) is 6.94.